The fourth-order valence-corrected chi connectivity index (χ4v) is 3.07. The van der Waals surface area contributed by atoms with Crippen molar-refractivity contribution >= 4 is 11.6 Å². The molecule has 0 spiro atoms. The maximum Gasteiger partial charge on any atom is 0.161 e. The number of hydrogen-bond donors (Lipinski definition) is 0. The zero-order chi connectivity index (χ0) is 9.54. The van der Waals surface area contributed by atoms with Gasteiger partial charge in [-0.1, -0.05) is 12.2 Å². The van der Waals surface area contributed by atoms with Crippen molar-refractivity contribution in [2.24, 2.45) is 17.8 Å². The highest BCUT2D eigenvalue weighted by Crippen LogP contribution is 2.46. The second-order valence-corrected chi connectivity index (χ2v) is 4.87. The van der Waals surface area contributed by atoms with Crippen LogP contribution in [0.2, 0.25) is 0 Å². The first-order valence-corrected chi connectivity index (χ1v) is 5.91. The monoisotopic (exact) mass is 214 g/mol. The lowest BCUT2D eigenvalue weighted by Crippen LogP contribution is -2.26. The molecule has 0 aromatic rings. The van der Waals surface area contributed by atoms with E-state index in [1.54, 1.807) is 0 Å². The van der Waals surface area contributed by atoms with Crippen LogP contribution in [0.1, 0.15) is 12.8 Å². The van der Waals surface area contributed by atoms with Gasteiger partial charge in [0, 0.05) is 5.92 Å². The van der Waals surface area contributed by atoms with Crippen molar-refractivity contribution in [3.8, 4) is 0 Å². The first-order chi connectivity index (χ1) is 6.86. The molecular weight excluding hydrogens is 200 g/mol. The Bertz CT molecular complexity index is 254. The smallest absolute Gasteiger partial charge is 0.161 e. The highest BCUT2D eigenvalue weighted by atomic mass is 35.5. The van der Waals surface area contributed by atoms with E-state index in [0.29, 0.717) is 24.3 Å². The molecule has 2 bridgehead atoms. The van der Waals surface area contributed by atoms with Gasteiger partial charge in [0.1, 0.15) is 0 Å². The minimum absolute atomic E-state index is 0.0127. The summed E-state index contributed by atoms with van der Waals surface area (Å²) in [6.07, 6.45) is 7.35. The van der Waals surface area contributed by atoms with Gasteiger partial charge in [-0.15, -0.1) is 11.6 Å². The average molecular weight is 215 g/mol. The molecule has 0 unspecified atom stereocenters. The van der Waals surface area contributed by atoms with E-state index < -0.39 is 0 Å². The van der Waals surface area contributed by atoms with Crippen LogP contribution in [0, 0.1) is 17.8 Å². The van der Waals surface area contributed by atoms with Crippen LogP contribution in [0.15, 0.2) is 12.2 Å². The average Bonchev–Trinajstić information content (AvgIpc) is 2.93. The summed E-state index contributed by atoms with van der Waals surface area (Å²) in [7, 11) is 0. The predicted molar refractivity (Wildman–Crippen MR) is 54.2 cm³/mol. The first-order valence-electron chi connectivity index (χ1n) is 5.38. The number of alkyl halides is 1. The fraction of sp³-hybridized carbons (Fsp3) is 0.818. The van der Waals surface area contributed by atoms with Gasteiger partial charge in [-0.05, 0) is 24.7 Å². The molecule has 78 valence electrons. The van der Waals surface area contributed by atoms with E-state index in [4.69, 9.17) is 21.1 Å². The molecule has 3 rings (SSSR count). The molecule has 5 atom stereocenters. The molecule has 14 heavy (non-hydrogen) atoms. The molecule has 0 N–H and O–H groups in total. The zero-order valence-corrected chi connectivity index (χ0v) is 8.82. The molecule has 0 radical (unpaired) electrons. The molecule has 1 saturated carbocycles. The Morgan fingerprint density at radius 1 is 1.29 bits per heavy atom. The molecule has 2 nitrogen and oxygen atoms in total. The summed E-state index contributed by atoms with van der Waals surface area (Å²) in [5.41, 5.74) is 0. The van der Waals surface area contributed by atoms with Gasteiger partial charge in [0.05, 0.1) is 18.6 Å². The number of fused-ring (bicyclic) bond motifs is 2. The van der Waals surface area contributed by atoms with E-state index in [2.05, 4.69) is 12.2 Å². The zero-order valence-electron chi connectivity index (χ0n) is 8.06. The second-order valence-electron chi connectivity index (χ2n) is 4.56. The van der Waals surface area contributed by atoms with Crippen LogP contribution in [-0.2, 0) is 9.47 Å². The minimum Gasteiger partial charge on any atom is -0.350 e. The van der Waals surface area contributed by atoms with Gasteiger partial charge in [-0.2, -0.15) is 0 Å². The number of ether oxygens (including phenoxy) is 2. The van der Waals surface area contributed by atoms with E-state index >= 15 is 0 Å². The van der Waals surface area contributed by atoms with Gasteiger partial charge in [0.2, 0.25) is 0 Å². The van der Waals surface area contributed by atoms with Crippen LogP contribution < -0.4 is 0 Å². The van der Waals surface area contributed by atoms with Crippen molar-refractivity contribution in [2.45, 2.75) is 25.2 Å². The second kappa shape index (κ2) is 3.51. The molecule has 0 amide bonds. The van der Waals surface area contributed by atoms with Crippen molar-refractivity contribution in [3.63, 3.8) is 0 Å². The van der Waals surface area contributed by atoms with Gasteiger partial charge >= 0.3 is 0 Å². The van der Waals surface area contributed by atoms with E-state index in [9.17, 15) is 0 Å². The maximum atomic E-state index is 5.76. The number of rotatable bonds is 2. The third-order valence-electron chi connectivity index (χ3n) is 3.62. The molecule has 2 aliphatic carbocycles. The Morgan fingerprint density at radius 3 is 2.79 bits per heavy atom. The van der Waals surface area contributed by atoms with E-state index in [-0.39, 0.29) is 12.4 Å². The van der Waals surface area contributed by atoms with E-state index in [0.717, 1.165) is 5.92 Å². The van der Waals surface area contributed by atoms with Crippen LogP contribution in [-0.4, -0.2) is 24.9 Å². The van der Waals surface area contributed by atoms with Crippen molar-refractivity contribution in [3.05, 3.63) is 12.2 Å². The Balaban J connectivity index is 1.65. The third-order valence-corrected chi connectivity index (χ3v) is 3.97. The highest BCUT2D eigenvalue weighted by Gasteiger charge is 2.43. The molecule has 1 saturated heterocycles. The van der Waals surface area contributed by atoms with Crippen LogP contribution in [0.3, 0.4) is 0 Å². The summed E-state index contributed by atoms with van der Waals surface area (Å²) >= 11 is 5.74. The molecule has 1 aliphatic heterocycles. The third kappa shape index (κ3) is 1.40. The van der Waals surface area contributed by atoms with E-state index in [1.807, 2.05) is 0 Å². The van der Waals surface area contributed by atoms with Gasteiger partial charge < -0.3 is 9.47 Å². The summed E-state index contributed by atoms with van der Waals surface area (Å²) in [5.74, 6) is 2.61. The Labute approximate surface area is 89.2 Å². The van der Waals surface area contributed by atoms with Crippen LogP contribution >= 0.6 is 11.6 Å². The predicted octanol–water partition coefficient (Wildman–Crippen LogP) is 2.18. The highest BCUT2D eigenvalue weighted by molar-refractivity contribution is 6.18. The lowest BCUT2D eigenvalue weighted by molar-refractivity contribution is -0.1000. The van der Waals surface area contributed by atoms with Crippen molar-refractivity contribution in [1.82, 2.24) is 0 Å². The summed E-state index contributed by atoms with van der Waals surface area (Å²) in [5, 5.41) is 0. The lowest BCUT2D eigenvalue weighted by atomic mass is 9.93. The Hall–Kier alpha value is -0.0500. The van der Waals surface area contributed by atoms with Crippen LogP contribution in [0.5, 0.6) is 0 Å². The quantitative estimate of drug-likeness (QED) is 0.518. The van der Waals surface area contributed by atoms with E-state index in [1.165, 1.54) is 12.8 Å². The number of halogens is 1. The molecule has 1 heterocycles. The lowest BCUT2D eigenvalue weighted by Gasteiger charge is -2.23. The van der Waals surface area contributed by atoms with Crippen LogP contribution in [0.25, 0.3) is 0 Å². The van der Waals surface area contributed by atoms with Crippen LogP contribution in [0.4, 0.5) is 0 Å². The summed E-state index contributed by atoms with van der Waals surface area (Å²) in [6, 6.07) is 0. The molecule has 0 aromatic heterocycles. The number of hydrogen-bond acceptors (Lipinski definition) is 2. The summed E-state index contributed by atoms with van der Waals surface area (Å²) in [6.45, 7) is 0.672. The first kappa shape index (κ1) is 9.20. The SMILES string of the molecule is ClC[C@@H]1CO[C@@H]([C@@H]2C[C@H]3C=C[C@H]2C3)O1. The van der Waals surface area contributed by atoms with Crippen molar-refractivity contribution in [1.29, 1.82) is 0 Å². The Morgan fingerprint density at radius 2 is 2.21 bits per heavy atom. The summed E-state index contributed by atoms with van der Waals surface area (Å²) < 4.78 is 11.4. The maximum absolute atomic E-state index is 5.76. The molecule has 0 aromatic carbocycles. The molecule has 2 fully saturated rings. The standard InChI is InChI=1S/C11H15ClO2/c12-5-9-6-13-11(14-9)10-4-7-1-2-8(10)3-7/h1-2,7-11H,3-6H2/t7-,8-,9+,10+,11+/m0/s1. The van der Waals surface area contributed by atoms with Crippen molar-refractivity contribution < 1.29 is 9.47 Å². The molecule has 3 heteroatoms. The molecule has 3 aliphatic rings. The van der Waals surface area contributed by atoms with Gasteiger partial charge in [0.15, 0.2) is 6.29 Å². The largest absolute Gasteiger partial charge is 0.350 e. The molecular formula is C11H15ClO2. The van der Waals surface area contributed by atoms with Gasteiger partial charge in [-0.3, -0.25) is 0 Å². The van der Waals surface area contributed by atoms with Crippen molar-refractivity contribution in [2.75, 3.05) is 12.5 Å². The fourth-order valence-electron chi connectivity index (χ4n) is 2.91. The number of allylic oxidation sites excluding steroid dienone is 2. The van der Waals surface area contributed by atoms with Gasteiger partial charge in [0.25, 0.3) is 0 Å². The van der Waals surface area contributed by atoms with Gasteiger partial charge in [-0.25, -0.2) is 0 Å². The summed E-state index contributed by atoms with van der Waals surface area (Å²) in [4.78, 5) is 0. The topological polar surface area (TPSA) is 18.5 Å². The minimum atomic E-state index is 0.0127. The Kier molecular flexibility index (Phi) is 2.31. The normalized spacial score (nSPS) is 50.5.